The highest BCUT2D eigenvalue weighted by Gasteiger charge is 2.14. The lowest BCUT2D eigenvalue weighted by molar-refractivity contribution is 0.443. The minimum absolute atomic E-state index is 0.861. The lowest BCUT2D eigenvalue weighted by Crippen LogP contribution is -2.03. The van der Waals surface area contributed by atoms with Crippen LogP contribution in [0.4, 0.5) is 0 Å². The molecule has 0 radical (unpaired) electrons. The van der Waals surface area contributed by atoms with Crippen LogP contribution in [0.25, 0.3) is 0 Å². The van der Waals surface area contributed by atoms with Crippen LogP contribution in [-0.4, -0.2) is 0 Å². The van der Waals surface area contributed by atoms with Gasteiger partial charge in [0, 0.05) is 0 Å². The average Bonchev–Trinajstić information content (AvgIpc) is 2.51. The fourth-order valence-corrected chi connectivity index (χ4v) is 2.55. The summed E-state index contributed by atoms with van der Waals surface area (Å²) in [6.07, 6.45) is 7.12. The first-order valence-corrected chi connectivity index (χ1v) is 7.02. The molecule has 0 saturated heterocycles. The maximum absolute atomic E-state index is 2.27. The van der Waals surface area contributed by atoms with E-state index in [0.29, 0.717) is 0 Å². The van der Waals surface area contributed by atoms with Gasteiger partial charge in [-0.2, -0.15) is 0 Å². The van der Waals surface area contributed by atoms with E-state index in [-0.39, 0.29) is 0 Å². The van der Waals surface area contributed by atoms with Gasteiger partial charge < -0.3 is 0 Å². The van der Waals surface area contributed by atoms with Gasteiger partial charge >= 0.3 is 0 Å². The minimum atomic E-state index is 0.861. The van der Waals surface area contributed by atoms with Crippen molar-refractivity contribution in [3.05, 3.63) is 72.3 Å². The fourth-order valence-electron chi connectivity index (χ4n) is 2.55. The van der Waals surface area contributed by atoms with Crippen LogP contribution in [0.3, 0.4) is 0 Å². The topological polar surface area (TPSA) is 0 Å². The lowest BCUT2D eigenvalue weighted by atomic mass is 9.84. The van der Waals surface area contributed by atoms with Gasteiger partial charge in [0.1, 0.15) is 0 Å². The summed E-state index contributed by atoms with van der Waals surface area (Å²) in [6.45, 7) is 0. The third-order valence-corrected chi connectivity index (χ3v) is 3.54. The Hall–Kier alpha value is -1.56. The molecule has 0 bridgehead atoms. The van der Waals surface area contributed by atoms with Crippen LogP contribution in [-0.2, 0) is 0 Å². The van der Waals surface area contributed by atoms with E-state index in [4.69, 9.17) is 0 Å². The van der Waals surface area contributed by atoms with Crippen molar-refractivity contribution in [1.82, 2.24) is 0 Å². The summed E-state index contributed by atoms with van der Waals surface area (Å²) in [5.74, 6) is 0.861. The van der Waals surface area contributed by atoms with Crippen molar-refractivity contribution in [1.29, 1.82) is 0 Å². The third kappa shape index (κ3) is 4.37. The average molecular weight is 238 g/mol. The second-order valence-corrected chi connectivity index (χ2v) is 4.90. The van der Waals surface area contributed by atoms with E-state index < -0.39 is 0 Å². The molecule has 0 heteroatoms. The molecule has 0 aromatic heterocycles. The number of benzene rings is 2. The molecule has 2 aromatic carbocycles. The first-order chi connectivity index (χ1) is 8.97. The van der Waals surface area contributed by atoms with E-state index in [9.17, 15) is 0 Å². The molecular weight excluding hydrogens is 216 g/mol. The van der Waals surface area contributed by atoms with Crippen molar-refractivity contribution in [3.63, 3.8) is 0 Å². The number of rotatable bonds is 1. The Morgan fingerprint density at radius 2 is 1.00 bits per heavy atom. The molecule has 0 atom stereocenters. The Labute approximate surface area is 111 Å². The highest BCUT2D eigenvalue weighted by atomic mass is 14.2. The Morgan fingerprint density at radius 1 is 0.556 bits per heavy atom. The molecule has 18 heavy (non-hydrogen) atoms. The van der Waals surface area contributed by atoms with Crippen molar-refractivity contribution in [2.24, 2.45) is 0 Å². The van der Waals surface area contributed by atoms with Crippen molar-refractivity contribution in [2.45, 2.75) is 38.0 Å². The lowest BCUT2D eigenvalue weighted by Gasteiger charge is -2.21. The Kier molecular flexibility index (Phi) is 5.52. The third-order valence-electron chi connectivity index (χ3n) is 3.54. The normalized spacial score (nSPS) is 15.6. The maximum Gasteiger partial charge on any atom is -0.0162 e. The Balaban J connectivity index is 0.000000169. The predicted octanol–water partition coefficient (Wildman–Crippen LogP) is 5.42. The predicted molar refractivity (Wildman–Crippen MR) is 78.7 cm³/mol. The van der Waals surface area contributed by atoms with Gasteiger partial charge in [-0.3, -0.25) is 0 Å². The van der Waals surface area contributed by atoms with Gasteiger partial charge in [-0.1, -0.05) is 86.0 Å². The zero-order valence-electron chi connectivity index (χ0n) is 11.0. The van der Waals surface area contributed by atoms with Crippen LogP contribution >= 0.6 is 0 Å². The van der Waals surface area contributed by atoms with E-state index in [0.717, 1.165) is 5.92 Å². The quantitative estimate of drug-likeness (QED) is 0.622. The Morgan fingerprint density at radius 3 is 1.50 bits per heavy atom. The van der Waals surface area contributed by atoms with Crippen LogP contribution in [0.15, 0.2) is 66.7 Å². The van der Waals surface area contributed by atoms with Crippen molar-refractivity contribution in [3.8, 4) is 0 Å². The molecule has 0 unspecified atom stereocenters. The summed E-state index contributed by atoms with van der Waals surface area (Å²) in [7, 11) is 0. The van der Waals surface area contributed by atoms with Crippen LogP contribution in [0.1, 0.15) is 43.6 Å². The van der Waals surface area contributed by atoms with Crippen molar-refractivity contribution in [2.75, 3.05) is 0 Å². The van der Waals surface area contributed by atoms with E-state index in [1.165, 1.54) is 32.1 Å². The zero-order valence-corrected chi connectivity index (χ0v) is 11.0. The number of hydrogen-bond acceptors (Lipinski definition) is 0. The molecule has 1 fully saturated rings. The molecule has 3 rings (SSSR count). The van der Waals surface area contributed by atoms with Gasteiger partial charge in [-0.25, -0.2) is 0 Å². The second-order valence-electron chi connectivity index (χ2n) is 4.90. The van der Waals surface area contributed by atoms with E-state index >= 15 is 0 Å². The Bertz CT molecular complexity index is 372. The van der Waals surface area contributed by atoms with Crippen molar-refractivity contribution < 1.29 is 0 Å². The summed E-state index contributed by atoms with van der Waals surface area (Å²) >= 11 is 0. The minimum Gasteiger partial charge on any atom is -0.0623 e. The van der Waals surface area contributed by atoms with Gasteiger partial charge in [-0.05, 0) is 24.3 Å². The smallest absolute Gasteiger partial charge is 0.0162 e. The molecule has 1 aliphatic carbocycles. The van der Waals surface area contributed by atoms with E-state index in [1.54, 1.807) is 5.56 Å². The zero-order chi connectivity index (χ0) is 12.5. The van der Waals surface area contributed by atoms with Gasteiger partial charge in [0.15, 0.2) is 0 Å². The van der Waals surface area contributed by atoms with Gasteiger partial charge in [0.2, 0.25) is 0 Å². The summed E-state index contributed by atoms with van der Waals surface area (Å²) in [6, 6.07) is 23.0. The summed E-state index contributed by atoms with van der Waals surface area (Å²) < 4.78 is 0. The van der Waals surface area contributed by atoms with Gasteiger partial charge in [0.25, 0.3) is 0 Å². The molecule has 0 heterocycles. The molecule has 2 aromatic rings. The first-order valence-electron chi connectivity index (χ1n) is 7.02. The van der Waals surface area contributed by atoms with Crippen LogP contribution in [0, 0.1) is 0 Å². The maximum atomic E-state index is 2.27. The molecule has 1 saturated carbocycles. The van der Waals surface area contributed by atoms with Gasteiger partial charge in [0.05, 0.1) is 0 Å². The van der Waals surface area contributed by atoms with Gasteiger partial charge in [-0.15, -0.1) is 0 Å². The van der Waals surface area contributed by atoms with Crippen LogP contribution in [0.2, 0.25) is 0 Å². The molecular formula is C18H22. The molecule has 0 aliphatic heterocycles. The second kappa shape index (κ2) is 7.71. The molecule has 0 amide bonds. The summed E-state index contributed by atoms with van der Waals surface area (Å²) in [4.78, 5) is 0. The van der Waals surface area contributed by atoms with Crippen molar-refractivity contribution >= 4 is 0 Å². The molecule has 0 N–H and O–H groups in total. The highest BCUT2D eigenvalue weighted by molar-refractivity contribution is 5.19. The molecule has 0 nitrogen and oxygen atoms in total. The van der Waals surface area contributed by atoms with E-state index in [2.05, 4.69) is 30.3 Å². The monoisotopic (exact) mass is 238 g/mol. The molecule has 0 spiro atoms. The SMILES string of the molecule is c1ccc(C2CCCCC2)cc1.c1ccccc1. The molecule has 94 valence electrons. The summed E-state index contributed by atoms with van der Waals surface area (Å²) in [5.41, 5.74) is 1.55. The summed E-state index contributed by atoms with van der Waals surface area (Å²) in [5, 5.41) is 0. The largest absolute Gasteiger partial charge is 0.0623 e. The van der Waals surface area contributed by atoms with Crippen LogP contribution < -0.4 is 0 Å². The number of hydrogen-bond donors (Lipinski definition) is 0. The fraction of sp³-hybridized carbons (Fsp3) is 0.333. The standard InChI is InChI=1S/C12H16.C6H6/c1-3-7-11(8-4-1)12-9-5-2-6-10-12;1-2-4-6-5-3-1/h1,3-4,7-8,12H,2,5-6,9-10H2;1-6H. The van der Waals surface area contributed by atoms with Crippen LogP contribution in [0.5, 0.6) is 0 Å². The highest BCUT2D eigenvalue weighted by Crippen LogP contribution is 2.31. The molecule has 1 aliphatic rings. The first kappa shape index (κ1) is 12.9. The van der Waals surface area contributed by atoms with E-state index in [1.807, 2.05) is 36.4 Å².